The molecule has 5 nitrogen and oxygen atoms in total. The molecule has 0 bridgehead atoms. The number of hydrogen-bond acceptors (Lipinski definition) is 4. The molecule has 0 amide bonds. The molecule has 1 aliphatic rings. The van der Waals surface area contributed by atoms with Crippen LogP contribution in [0.25, 0.3) is 0 Å². The van der Waals surface area contributed by atoms with E-state index in [0.29, 0.717) is 12.0 Å². The van der Waals surface area contributed by atoms with Gasteiger partial charge >= 0.3 is 0 Å². The molecule has 0 radical (unpaired) electrons. The maximum absolute atomic E-state index is 11.5. The molecule has 0 aliphatic heterocycles. The number of anilines is 1. The van der Waals surface area contributed by atoms with Gasteiger partial charge in [-0.05, 0) is 24.7 Å². The second-order valence-corrected chi connectivity index (χ2v) is 4.31. The van der Waals surface area contributed by atoms with Crippen molar-refractivity contribution >= 4 is 5.95 Å². The average molecular weight is 209 g/mol. The number of nitrogen functional groups attached to an aromatic ring is 1. The highest BCUT2D eigenvalue weighted by atomic mass is 16.3. The van der Waals surface area contributed by atoms with E-state index in [4.69, 9.17) is 5.73 Å². The second-order valence-electron chi connectivity index (χ2n) is 4.31. The monoisotopic (exact) mass is 209 g/mol. The minimum Gasteiger partial charge on any atom is -0.396 e. The standard InChI is InChI=1S/C10H15N3O2/c11-9-12-5-7(8(15)13-9)4-10(6-14)2-1-3-10/h5,14H,1-4,6H2,(H3,11,12,13,15). The van der Waals surface area contributed by atoms with Crippen molar-refractivity contribution < 1.29 is 5.11 Å². The van der Waals surface area contributed by atoms with E-state index in [9.17, 15) is 9.90 Å². The van der Waals surface area contributed by atoms with E-state index in [2.05, 4.69) is 9.97 Å². The molecular formula is C10H15N3O2. The molecule has 0 spiro atoms. The summed E-state index contributed by atoms with van der Waals surface area (Å²) >= 11 is 0. The smallest absolute Gasteiger partial charge is 0.255 e. The van der Waals surface area contributed by atoms with Crippen LogP contribution in [0.1, 0.15) is 24.8 Å². The summed E-state index contributed by atoms with van der Waals surface area (Å²) in [5.74, 6) is 0.135. The number of nitrogens with zero attached hydrogens (tertiary/aromatic N) is 1. The summed E-state index contributed by atoms with van der Waals surface area (Å²) in [6.07, 6.45) is 5.18. The maximum atomic E-state index is 11.5. The first-order chi connectivity index (χ1) is 7.15. The number of nitrogens with two attached hydrogens (primary N) is 1. The lowest BCUT2D eigenvalue weighted by Gasteiger charge is -2.40. The van der Waals surface area contributed by atoms with E-state index in [-0.39, 0.29) is 23.5 Å². The Bertz CT molecular complexity index is 404. The van der Waals surface area contributed by atoms with E-state index >= 15 is 0 Å². The van der Waals surface area contributed by atoms with Crippen LogP contribution >= 0.6 is 0 Å². The SMILES string of the molecule is Nc1ncc(CC2(CO)CCC2)c(=O)[nH]1. The predicted molar refractivity (Wildman–Crippen MR) is 56.3 cm³/mol. The van der Waals surface area contributed by atoms with Gasteiger partial charge in [-0.25, -0.2) is 4.98 Å². The van der Waals surface area contributed by atoms with Crippen LogP contribution in [0.15, 0.2) is 11.0 Å². The number of aromatic nitrogens is 2. The van der Waals surface area contributed by atoms with Crippen LogP contribution in [0.5, 0.6) is 0 Å². The minimum atomic E-state index is -0.192. The lowest BCUT2D eigenvalue weighted by atomic mass is 9.66. The molecule has 0 unspecified atom stereocenters. The molecule has 15 heavy (non-hydrogen) atoms. The van der Waals surface area contributed by atoms with Gasteiger partial charge in [0, 0.05) is 18.4 Å². The zero-order valence-electron chi connectivity index (χ0n) is 8.49. The molecule has 1 aromatic rings. The van der Waals surface area contributed by atoms with Crippen LogP contribution < -0.4 is 11.3 Å². The molecule has 0 atom stereocenters. The van der Waals surface area contributed by atoms with Gasteiger partial charge in [0.25, 0.3) is 5.56 Å². The van der Waals surface area contributed by atoms with E-state index in [0.717, 1.165) is 19.3 Å². The van der Waals surface area contributed by atoms with Crippen molar-refractivity contribution in [2.24, 2.45) is 5.41 Å². The lowest BCUT2D eigenvalue weighted by molar-refractivity contribution is 0.0446. The van der Waals surface area contributed by atoms with Gasteiger partial charge in [0.05, 0.1) is 0 Å². The summed E-state index contributed by atoms with van der Waals surface area (Å²) in [6, 6.07) is 0. The van der Waals surface area contributed by atoms with Crippen molar-refractivity contribution in [1.29, 1.82) is 0 Å². The van der Waals surface area contributed by atoms with Crippen molar-refractivity contribution in [1.82, 2.24) is 9.97 Å². The Labute approximate surface area is 87.4 Å². The quantitative estimate of drug-likeness (QED) is 0.656. The van der Waals surface area contributed by atoms with E-state index in [1.807, 2.05) is 0 Å². The second kappa shape index (κ2) is 3.66. The molecular weight excluding hydrogens is 194 g/mol. The highest BCUT2D eigenvalue weighted by Crippen LogP contribution is 2.42. The van der Waals surface area contributed by atoms with E-state index < -0.39 is 0 Å². The molecule has 1 aromatic heterocycles. The predicted octanol–water partition coefficient (Wildman–Crippen LogP) is 0.0572. The van der Waals surface area contributed by atoms with Crippen LogP contribution in [-0.4, -0.2) is 21.7 Å². The first kappa shape index (κ1) is 10.2. The number of aliphatic hydroxyl groups is 1. The van der Waals surface area contributed by atoms with Gasteiger partial charge in [0.2, 0.25) is 0 Å². The summed E-state index contributed by atoms with van der Waals surface area (Å²) in [7, 11) is 0. The molecule has 2 rings (SSSR count). The number of nitrogens with one attached hydrogen (secondary N) is 1. The summed E-state index contributed by atoms with van der Waals surface area (Å²) in [5, 5.41) is 9.29. The number of aromatic amines is 1. The maximum Gasteiger partial charge on any atom is 0.255 e. The Morgan fingerprint density at radius 1 is 1.60 bits per heavy atom. The number of H-pyrrole nitrogens is 1. The summed E-state index contributed by atoms with van der Waals surface area (Å²) < 4.78 is 0. The summed E-state index contributed by atoms with van der Waals surface area (Å²) in [6.45, 7) is 0.136. The van der Waals surface area contributed by atoms with E-state index in [1.54, 1.807) is 0 Å². The van der Waals surface area contributed by atoms with Gasteiger partial charge in [0.15, 0.2) is 5.95 Å². The minimum absolute atomic E-state index is 0.0925. The van der Waals surface area contributed by atoms with E-state index in [1.165, 1.54) is 6.20 Å². The Balaban J connectivity index is 2.20. The van der Waals surface area contributed by atoms with Gasteiger partial charge in [-0.2, -0.15) is 0 Å². The average Bonchev–Trinajstić information content (AvgIpc) is 2.14. The Kier molecular flexibility index (Phi) is 2.48. The van der Waals surface area contributed by atoms with Crippen molar-refractivity contribution in [3.63, 3.8) is 0 Å². The largest absolute Gasteiger partial charge is 0.396 e. The van der Waals surface area contributed by atoms with Crippen molar-refractivity contribution in [3.05, 3.63) is 22.1 Å². The third kappa shape index (κ3) is 1.87. The third-order valence-electron chi connectivity index (χ3n) is 3.21. The molecule has 0 saturated heterocycles. The molecule has 1 fully saturated rings. The summed E-state index contributed by atoms with van der Waals surface area (Å²) in [4.78, 5) is 17.8. The Morgan fingerprint density at radius 3 is 2.80 bits per heavy atom. The topological polar surface area (TPSA) is 92.0 Å². The Morgan fingerprint density at radius 2 is 2.33 bits per heavy atom. The van der Waals surface area contributed by atoms with Gasteiger partial charge in [0.1, 0.15) is 0 Å². The van der Waals surface area contributed by atoms with Crippen LogP contribution in [0, 0.1) is 5.41 Å². The third-order valence-corrected chi connectivity index (χ3v) is 3.21. The molecule has 1 saturated carbocycles. The van der Waals surface area contributed by atoms with Crippen LogP contribution in [0.4, 0.5) is 5.95 Å². The zero-order valence-corrected chi connectivity index (χ0v) is 8.49. The molecule has 82 valence electrons. The fourth-order valence-corrected chi connectivity index (χ4v) is 2.03. The number of aliphatic hydroxyl groups excluding tert-OH is 1. The summed E-state index contributed by atoms with van der Waals surface area (Å²) in [5.41, 5.74) is 5.68. The first-order valence-corrected chi connectivity index (χ1v) is 5.10. The lowest BCUT2D eigenvalue weighted by Crippen LogP contribution is -2.37. The van der Waals surface area contributed by atoms with Gasteiger partial charge < -0.3 is 10.8 Å². The van der Waals surface area contributed by atoms with Crippen LogP contribution in [0.3, 0.4) is 0 Å². The van der Waals surface area contributed by atoms with Gasteiger partial charge in [-0.15, -0.1) is 0 Å². The highest BCUT2D eigenvalue weighted by Gasteiger charge is 2.36. The van der Waals surface area contributed by atoms with Crippen LogP contribution in [0.2, 0.25) is 0 Å². The number of hydrogen-bond donors (Lipinski definition) is 3. The van der Waals surface area contributed by atoms with Crippen molar-refractivity contribution in [2.75, 3.05) is 12.3 Å². The molecule has 0 aromatic carbocycles. The molecule has 1 aliphatic carbocycles. The van der Waals surface area contributed by atoms with Gasteiger partial charge in [-0.1, -0.05) is 6.42 Å². The Hall–Kier alpha value is -1.36. The normalized spacial score (nSPS) is 18.5. The highest BCUT2D eigenvalue weighted by molar-refractivity contribution is 5.19. The number of rotatable bonds is 3. The fourth-order valence-electron chi connectivity index (χ4n) is 2.03. The molecule has 4 N–H and O–H groups in total. The van der Waals surface area contributed by atoms with Gasteiger partial charge in [-0.3, -0.25) is 9.78 Å². The fraction of sp³-hybridized carbons (Fsp3) is 0.600. The van der Waals surface area contributed by atoms with Crippen LogP contribution in [-0.2, 0) is 6.42 Å². The van der Waals surface area contributed by atoms with Crippen molar-refractivity contribution in [2.45, 2.75) is 25.7 Å². The van der Waals surface area contributed by atoms with Crippen molar-refractivity contribution in [3.8, 4) is 0 Å². The first-order valence-electron chi connectivity index (χ1n) is 5.10. The zero-order chi connectivity index (χ0) is 10.9. The molecule has 1 heterocycles. The molecule has 5 heteroatoms.